The van der Waals surface area contributed by atoms with E-state index in [1.165, 1.54) is 11.1 Å². The monoisotopic (exact) mass is 240 g/mol. The molecule has 0 fully saturated rings. The van der Waals surface area contributed by atoms with Crippen molar-refractivity contribution in [3.8, 4) is 5.75 Å². The van der Waals surface area contributed by atoms with Crippen LogP contribution in [0.2, 0.25) is 0 Å². The Balaban J connectivity index is 1.99. The van der Waals surface area contributed by atoms with Crippen molar-refractivity contribution in [3.05, 3.63) is 65.2 Å². The van der Waals surface area contributed by atoms with Gasteiger partial charge >= 0.3 is 0 Å². The van der Waals surface area contributed by atoms with E-state index in [1.807, 2.05) is 30.3 Å². The molecule has 0 radical (unpaired) electrons. The minimum atomic E-state index is 0.738. The van der Waals surface area contributed by atoms with Gasteiger partial charge in [-0.25, -0.2) is 0 Å². The quantitative estimate of drug-likeness (QED) is 0.750. The highest BCUT2D eigenvalue weighted by atomic mass is 16.5. The first-order valence-electron chi connectivity index (χ1n) is 5.99. The van der Waals surface area contributed by atoms with Gasteiger partial charge < -0.3 is 4.74 Å². The average Bonchev–Trinajstić information content (AvgIpc) is 2.46. The molecule has 0 saturated carbocycles. The van der Waals surface area contributed by atoms with E-state index in [9.17, 15) is 4.79 Å². The van der Waals surface area contributed by atoms with Gasteiger partial charge in [0.05, 0.1) is 7.11 Å². The molecule has 0 atom stereocenters. The molecule has 92 valence electrons. The lowest BCUT2D eigenvalue weighted by Gasteiger charge is -2.04. The molecule has 18 heavy (non-hydrogen) atoms. The Morgan fingerprint density at radius 1 is 1.00 bits per heavy atom. The fourth-order valence-electron chi connectivity index (χ4n) is 1.90. The Hall–Kier alpha value is -2.09. The highest BCUT2D eigenvalue weighted by Crippen LogP contribution is 2.13. The van der Waals surface area contributed by atoms with Crippen molar-refractivity contribution < 1.29 is 9.53 Å². The number of methoxy groups -OCH3 is 1. The number of aryl methyl sites for hydroxylation is 2. The molecule has 0 aliphatic carbocycles. The van der Waals surface area contributed by atoms with Crippen LogP contribution in [-0.4, -0.2) is 13.4 Å². The Bertz CT molecular complexity index is 515. The lowest BCUT2D eigenvalue weighted by molar-refractivity contribution is 0.112. The summed E-state index contributed by atoms with van der Waals surface area (Å²) >= 11 is 0. The van der Waals surface area contributed by atoms with E-state index in [2.05, 4.69) is 18.2 Å². The van der Waals surface area contributed by atoms with E-state index in [0.29, 0.717) is 0 Å². The normalized spacial score (nSPS) is 10.1. The lowest BCUT2D eigenvalue weighted by Crippen LogP contribution is -1.93. The van der Waals surface area contributed by atoms with Gasteiger partial charge in [0.1, 0.15) is 12.0 Å². The summed E-state index contributed by atoms with van der Waals surface area (Å²) in [5, 5.41) is 0. The van der Waals surface area contributed by atoms with Gasteiger partial charge in [0.25, 0.3) is 0 Å². The molecule has 0 N–H and O–H groups in total. The highest BCUT2D eigenvalue weighted by Gasteiger charge is 1.98. The van der Waals surface area contributed by atoms with Crippen LogP contribution in [0.25, 0.3) is 0 Å². The van der Waals surface area contributed by atoms with E-state index in [0.717, 1.165) is 30.4 Å². The van der Waals surface area contributed by atoms with Crippen molar-refractivity contribution in [1.82, 2.24) is 0 Å². The number of hydrogen-bond acceptors (Lipinski definition) is 2. The maximum absolute atomic E-state index is 10.7. The minimum Gasteiger partial charge on any atom is -0.497 e. The largest absolute Gasteiger partial charge is 0.497 e. The van der Waals surface area contributed by atoms with Gasteiger partial charge in [0, 0.05) is 5.56 Å². The van der Waals surface area contributed by atoms with Crippen molar-refractivity contribution in [3.63, 3.8) is 0 Å². The molecule has 0 heterocycles. The van der Waals surface area contributed by atoms with Gasteiger partial charge in [-0.3, -0.25) is 4.79 Å². The Kier molecular flexibility index (Phi) is 4.13. The maximum atomic E-state index is 10.7. The molecule has 2 heteroatoms. The standard InChI is InChI=1S/C16H16O2/c1-18-16-9-7-13(8-10-16)5-6-14-3-2-4-15(11-14)12-17/h2-4,7-12H,5-6H2,1H3. The first-order chi connectivity index (χ1) is 8.81. The summed E-state index contributed by atoms with van der Waals surface area (Å²) in [4.78, 5) is 10.7. The number of ether oxygens (including phenoxy) is 1. The predicted molar refractivity (Wildman–Crippen MR) is 72.2 cm³/mol. The van der Waals surface area contributed by atoms with Crippen LogP contribution in [0.1, 0.15) is 21.5 Å². The minimum absolute atomic E-state index is 0.738. The van der Waals surface area contributed by atoms with Crippen molar-refractivity contribution in [2.24, 2.45) is 0 Å². The molecule has 0 aliphatic rings. The summed E-state index contributed by atoms with van der Waals surface area (Å²) in [6.45, 7) is 0. The van der Waals surface area contributed by atoms with E-state index in [1.54, 1.807) is 7.11 Å². The second kappa shape index (κ2) is 6.01. The van der Waals surface area contributed by atoms with Gasteiger partial charge in [-0.15, -0.1) is 0 Å². The molecule has 2 aromatic carbocycles. The number of rotatable bonds is 5. The molecule has 2 aromatic rings. The molecule has 0 aliphatic heterocycles. The smallest absolute Gasteiger partial charge is 0.150 e. The fraction of sp³-hybridized carbons (Fsp3) is 0.188. The second-order valence-corrected chi connectivity index (χ2v) is 4.21. The van der Waals surface area contributed by atoms with Gasteiger partial charge in [-0.2, -0.15) is 0 Å². The van der Waals surface area contributed by atoms with Crippen LogP contribution in [0.15, 0.2) is 48.5 Å². The third kappa shape index (κ3) is 3.20. The molecular formula is C16H16O2. The van der Waals surface area contributed by atoms with Crippen molar-refractivity contribution in [2.75, 3.05) is 7.11 Å². The number of aldehydes is 1. The Labute approximate surface area is 107 Å². The molecule has 0 spiro atoms. The van der Waals surface area contributed by atoms with Crippen LogP contribution in [0.3, 0.4) is 0 Å². The first-order valence-corrected chi connectivity index (χ1v) is 5.99. The zero-order valence-electron chi connectivity index (χ0n) is 10.4. The molecule has 0 saturated heterocycles. The van der Waals surface area contributed by atoms with E-state index < -0.39 is 0 Å². The van der Waals surface area contributed by atoms with Crippen LogP contribution in [0, 0.1) is 0 Å². The zero-order chi connectivity index (χ0) is 12.8. The number of carbonyl (C=O) groups excluding carboxylic acids is 1. The Morgan fingerprint density at radius 2 is 1.72 bits per heavy atom. The van der Waals surface area contributed by atoms with E-state index >= 15 is 0 Å². The van der Waals surface area contributed by atoms with Crippen LogP contribution < -0.4 is 4.74 Å². The molecule has 0 amide bonds. The number of carbonyl (C=O) groups is 1. The van der Waals surface area contributed by atoms with Gasteiger partial charge in [0.2, 0.25) is 0 Å². The summed E-state index contributed by atoms with van der Waals surface area (Å²) in [5.74, 6) is 0.877. The predicted octanol–water partition coefficient (Wildman–Crippen LogP) is 3.29. The van der Waals surface area contributed by atoms with Gasteiger partial charge in [-0.05, 0) is 42.2 Å². The molecule has 2 nitrogen and oxygen atoms in total. The van der Waals surface area contributed by atoms with Gasteiger partial charge in [0.15, 0.2) is 0 Å². The van der Waals surface area contributed by atoms with Gasteiger partial charge in [-0.1, -0.05) is 30.3 Å². The van der Waals surface area contributed by atoms with E-state index in [4.69, 9.17) is 4.74 Å². The van der Waals surface area contributed by atoms with Crippen molar-refractivity contribution in [2.45, 2.75) is 12.8 Å². The average molecular weight is 240 g/mol. The highest BCUT2D eigenvalue weighted by molar-refractivity contribution is 5.74. The summed E-state index contributed by atoms with van der Waals surface area (Å²) in [7, 11) is 1.67. The summed E-state index contributed by atoms with van der Waals surface area (Å²) in [5.41, 5.74) is 3.20. The Morgan fingerprint density at radius 3 is 2.39 bits per heavy atom. The molecule has 2 rings (SSSR count). The van der Waals surface area contributed by atoms with E-state index in [-0.39, 0.29) is 0 Å². The molecule has 0 aromatic heterocycles. The summed E-state index contributed by atoms with van der Waals surface area (Å²) in [6.07, 6.45) is 2.79. The molecule has 0 bridgehead atoms. The fourth-order valence-corrected chi connectivity index (χ4v) is 1.90. The summed E-state index contributed by atoms with van der Waals surface area (Å²) in [6, 6.07) is 15.8. The van der Waals surface area contributed by atoms with Crippen molar-refractivity contribution in [1.29, 1.82) is 0 Å². The third-order valence-corrected chi connectivity index (χ3v) is 2.95. The molecule has 0 unspecified atom stereocenters. The van der Waals surface area contributed by atoms with Crippen molar-refractivity contribution >= 4 is 6.29 Å². The topological polar surface area (TPSA) is 26.3 Å². The summed E-state index contributed by atoms with van der Waals surface area (Å²) < 4.78 is 5.12. The van der Waals surface area contributed by atoms with Crippen LogP contribution >= 0.6 is 0 Å². The van der Waals surface area contributed by atoms with Crippen LogP contribution in [0.4, 0.5) is 0 Å². The third-order valence-electron chi connectivity index (χ3n) is 2.95. The maximum Gasteiger partial charge on any atom is 0.150 e. The number of hydrogen-bond donors (Lipinski definition) is 0. The van der Waals surface area contributed by atoms with Crippen LogP contribution in [-0.2, 0) is 12.8 Å². The first kappa shape index (κ1) is 12.4. The number of benzene rings is 2. The lowest BCUT2D eigenvalue weighted by atomic mass is 10.0. The SMILES string of the molecule is COc1ccc(CCc2cccc(C=O)c2)cc1. The molecular weight excluding hydrogens is 224 g/mol. The zero-order valence-corrected chi connectivity index (χ0v) is 10.4. The van der Waals surface area contributed by atoms with Crippen LogP contribution in [0.5, 0.6) is 5.75 Å². The second-order valence-electron chi connectivity index (χ2n) is 4.21.